The molecule has 3 rings (SSSR count). The first-order valence-corrected chi connectivity index (χ1v) is 13.2. The average Bonchev–Trinajstić information content (AvgIpc) is 2.95. The Hall–Kier alpha value is -4.41. The summed E-state index contributed by atoms with van der Waals surface area (Å²) < 4.78 is 47.0. The van der Waals surface area contributed by atoms with Gasteiger partial charge in [-0.3, -0.25) is 19.4 Å². The number of aromatic nitrogens is 1. The monoisotopic (exact) mass is 571 g/mol. The van der Waals surface area contributed by atoms with E-state index in [1.165, 1.54) is 36.7 Å². The molecule has 0 aliphatic carbocycles. The van der Waals surface area contributed by atoms with Crippen LogP contribution < -0.4 is 15.4 Å². The quantitative estimate of drug-likeness (QED) is 0.254. The highest BCUT2D eigenvalue weighted by molar-refractivity contribution is 5.95. The van der Waals surface area contributed by atoms with Gasteiger partial charge in [0.2, 0.25) is 0 Å². The van der Waals surface area contributed by atoms with Crippen molar-refractivity contribution >= 4 is 17.8 Å². The van der Waals surface area contributed by atoms with Gasteiger partial charge in [0.1, 0.15) is 5.75 Å². The zero-order valence-corrected chi connectivity index (χ0v) is 22.7. The molecule has 218 valence electrons. The van der Waals surface area contributed by atoms with Crippen LogP contribution in [0.4, 0.5) is 13.2 Å². The van der Waals surface area contributed by atoms with Crippen LogP contribution in [0.2, 0.25) is 0 Å². The Morgan fingerprint density at radius 3 is 2.05 bits per heavy atom. The molecule has 11 heteroatoms. The zero-order valence-electron chi connectivity index (χ0n) is 22.7. The molecule has 1 heterocycles. The lowest BCUT2D eigenvalue weighted by atomic mass is 9.83. The number of nitrogens with one attached hydrogen (secondary N) is 2. The number of ether oxygens (including phenoxy) is 2. The maximum Gasteiger partial charge on any atom is 0.573 e. The Morgan fingerprint density at radius 1 is 0.854 bits per heavy atom. The van der Waals surface area contributed by atoms with E-state index in [0.717, 1.165) is 12.0 Å². The fraction of sp³-hybridized carbons (Fsp3) is 0.333. The molecule has 1 aromatic heterocycles. The number of alkyl halides is 3. The lowest BCUT2D eigenvalue weighted by molar-refractivity contribution is -0.274. The molecule has 0 fully saturated rings. The number of esters is 1. The van der Waals surface area contributed by atoms with Gasteiger partial charge in [-0.2, -0.15) is 0 Å². The number of carbonyl (C=O) groups is 3. The van der Waals surface area contributed by atoms with Crippen LogP contribution in [0.1, 0.15) is 76.9 Å². The van der Waals surface area contributed by atoms with E-state index >= 15 is 0 Å². The third-order valence-corrected chi connectivity index (χ3v) is 6.22. The summed E-state index contributed by atoms with van der Waals surface area (Å²) in [7, 11) is 0. The van der Waals surface area contributed by atoms with Crippen molar-refractivity contribution in [2.75, 3.05) is 13.2 Å². The zero-order chi connectivity index (χ0) is 29.8. The van der Waals surface area contributed by atoms with Crippen LogP contribution in [0.15, 0.2) is 73.1 Å². The number of hydrogen-bond acceptors (Lipinski definition) is 6. The Bertz CT molecular complexity index is 1280. The van der Waals surface area contributed by atoms with Gasteiger partial charge in [0, 0.05) is 36.0 Å². The topological polar surface area (TPSA) is 107 Å². The van der Waals surface area contributed by atoms with Crippen molar-refractivity contribution in [2.24, 2.45) is 0 Å². The summed E-state index contributed by atoms with van der Waals surface area (Å²) >= 11 is 0. The Morgan fingerprint density at radius 2 is 1.46 bits per heavy atom. The van der Waals surface area contributed by atoms with Crippen molar-refractivity contribution in [1.29, 1.82) is 0 Å². The summed E-state index contributed by atoms with van der Waals surface area (Å²) in [5, 5.41) is 5.72. The number of benzene rings is 2. The number of rotatable bonds is 13. The SMILES string of the molecule is CCCC(c1ccc(C(=O)NCCC(=O)OCC)cc1)C(NC(=O)c1ccncc1)c1ccc(OC(F)(F)F)cc1. The van der Waals surface area contributed by atoms with Crippen LogP contribution in [0.3, 0.4) is 0 Å². The van der Waals surface area contributed by atoms with Crippen LogP contribution >= 0.6 is 0 Å². The Balaban J connectivity index is 1.86. The molecule has 2 aromatic carbocycles. The van der Waals surface area contributed by atoms with Gasteiger partial charge in [-0.25, -0.2) is 0 Å². The molecule has 0 aliphatic heterocycles. The van der Waals surface area contributed by atoms with Gasteiger partial charge >= 0.3 is 12.3 Å². The molecular formula is C30H32F3N3O5. The summed E-state index contributed by atoms with van der Waals surface area (Å²) in [6, 6.07) is 14.8. The lowest BCUT2D eigenvalue weighted by Crippen LogP contribution is -2.33. The summed E-state index contributed by atoms with van der Waals surface area (Å²) in [5.74, 6) is -1.77. The summed E-state index contributed by atoms with van der Waals surface area (Å²) in [6.45, 7) is 4.09. The normalized spacial score (nSPS) is 12.6. The maximum atomic E-state index is 13.2. The largest absolute Gasteiger partial charge is 0.573 e. The van der Waals surface area contributed by atoms with Crippen molar-refractivity contribution < 1.29 is 37.0 Å². The smallest absolute Gasteiger partial charge is 0.466 e. The van der Waals surface area contributed by atoms with Gasteiger partial charge in [-0.1, -0.05) is 37.6 Å². The van der Waals surface area contributed by atoms with Gasteiger partial charge < -0.3 is 20.1 Å². The summed E-state index contributed by atoms with van der Waals surface area (Å²) in [5.41, 5.74) is 2.18. The summed E-state index contributed by atoms with van der Waals surface area (Å²) in [4.78, 5) is 41.2. The van der Waals surface area contributed by atoms with Crippen molar-refractivity contribution in [1.82, 2.24) is 15.6 Å². The highest BCUT2D eigenvalue weighted by Gasteiger charge is 2.32. The number of halogens is 3. The Kier molecular flexibility index (Phi) is 11.3. The molecule has 0 saturated heterocycles. The van der Waals surface area contributed by atoms with Gasteiger partial charge in [0.25, 0.3) is 11.8 Å². The molecular weight excluding hydrogens is 539 g/mol. The molecule has 0 bridgehead atoms. The molecule has 2 atom stereocenters. The van der Waals surface area contributed by atoms with Gasteiger partial charge in [-0.05, 0) is 60.9 Å². The molecule has 3 aromatic rings. The van der Waals surface area contributed by atoms with E-state index in [0.29, 0.717) is 23.1 Å². The van der Waals surface area contributed by atoms with E-state index in [1.54, 1.807) is 43.3 Å². The lowest BCUT2D eigenvalue weighted by Gasteiger charge is -2.29. The second kappa shape index (κ2) is 14.8. The van der Waals surface area contributed by atoms with Crippen molar-refractivity contribution in [3.8, 4) is 5.75 Å². The first kappa shape index (κ1) is 31.1. The van der Waals surface area contributed by atoms with Crippen LogP contribution in [0.25, 0.3) is 0 Å². The second-order valence-corrected chi connectivity index (χ2v) is 9.13. The predicted octanol–water partition coefficient (Wildman–Crippen LogP) is 5.72. The number of carbonyl (C=O) groups excluding carboxylic acids is 3. The third-order valence-electron chi connectivity index (χ3n) is 6.22. The highest BCUT2D eigenvalue weighted by atomic mass is 19.4. The molecule has 2 unspecified atom stereocenters. The van der Waals surface area contributed by atoms with E-state index in [2.05, 4.69) is 20.4 Å². The molecule has 41 heavy (non-hydrogen) atoms. The number of hydrogen-bond donors (Lipinski definition) is 2. The van der Waals surface area contributed by atoms with E-state index in [1.807, 2.05) is 6.92 Å². The maximum absolute atomic E-state index is 13.2. The molecule has 0 aliphatic rings. The number of amides is 2. The predicted molar refractivity (Wildman–Crippen MR) is 145 cm³/mol. The van der Waals surface area contributed by atoms with Crippen LogP contribution in [0, 0.1) is 0 Å². The Labute approximate surface area is 236 Å². The minimum absolute atomic E-state index is 0.0574. The third kappa shape index (κ3) is 9.63. The van der Waals surface area contributed by atoms with Crippen LogP contribution in [-0.4, -0.2) is 42.3 Å². The molecule has 0 radical (unpaired) electrons. The molecule has 8 nitrogen and oxygen atoms in total. The standard InChI is InChI=1S/C30H32F3N3O5/c1-3-5-25(20-6-8-22(9-7-20)28(38)35-19-16-26(37)40-4-2)27(36-29(39)23-14-17-34-18-15-23)21-10-12-24(13-11-21)41-30(31,32)33/h6-15,17-18,25,27H,3-5,16,19H2,1-2H3,(H,35,38)(H,36,39). The van der Waals surface area contributed by atoms with Gasteiger partial charge in [-0.15, -0.1) is 13.2 Å². The minimum Gasteiger partial charge on any atom is -0.466 e. The fourth-order valence-electron chi connectivity index (χ4n) is 4.35. The fourth-order valence-corrected chi connectivity index (χ4v) is 4.35. The number of pyridine rings is 1. The average molecular weight is 572 g/mol. The van der Waals surface area contributed by atoms with E-state index in [9.17, 15) is 27.6 Å². The molecule has 0 saturated carbocycles. The summed E-state index contributed by atoms with van der Waals surface area (Å²) in [6.07, 6.45) is -0.402. The molecule has 2 N–H and O–H groups in total. The minimum atomic E-state index is -4.83. The first-order chi connectivity index (χ1) is 19.6. The van der Waals surface area contributed by atoms with E-state index in [-0.39, 0.29) is 43.1 Å². The van der Waals surface area contributed by atoms with Crippen molar-refractivity contribution in [2.45, 2.75) is 51.4 Å². The highest BCUT2D eigenvalue weighted by Crippen LogP contribution is 2.36. The molecule has 2 amide bonds. The van der Waals surface area contributed by atoms with Crippen molar-refractivity contribution in [3.63, 3.8) is 0 Å². The van der Waals surface area contributed by atoms with Crippen LogP contribution in [0.5, 0.6) is 5.75 Å². The van der Waals surface area contributed by atoms with E-state index in [4.69, 9.17) is 4.74 Å². The number of nitrogens with zero attached hydrogens (tertiary/aromatic N) is 1. The van der Waals surface area contributed by atoms with E-state index < -0.39 is 18.4 Å². The van der Waals surface area contributed by atoms with Crippen LogP contribution in [-0.2, 0) is 9.53 Å². The molecule has 0 spiro atoms. The second-order valence-electron chi connectivity index (χ2n) is 9.13. The van der Waals surface area contributed by atoms with Gasteiger partial charge in [0.15, 0.2) is 0 Å². The first-order valence-electron chi connectivity index (χ1n) is 13.2. The van der Waals surface area contributed by atoms with Gasteiger partial charge in [0.05, 0.1) is 19.1 Å². The van der Waals surface area contributed by atoms with Crippen molar-refractivity contribution in [3.05, 3.63) is 95.3 Å².